The largest absolute Gasteiger partial charge is 0.377 e. The van der Waals surface area contributed by atoms with Gasteiger partial charge in [-0.2, -0.15) is 0 Å². The van der Waals surface area contributed by atoms with Gasteiger partial charge in [0.25, 0.3) is 0 Å². The summed E-state index contributed by atoms with van der Waals surface area (Å²) < 4.78 is 19.1. The fourth-order valence-corrected chi connectivity index (χ4v) is 3.90. The summed E-state index contributed by atoms with van der Waals surface area (Å²) in [5.74, 6) is -0.506. The molecule has 114 valence electrons. The summed E-state index contributed by atoms with van der Waals surface area (Å²) in [5.41, 5.74) is 5.65. The van der Waals surface area contributed by atoms with E-state index < -0.39 is 11.0 Å². The zero-order valence-corrected chi connectivity index (χ0v) is 12.6. The molecule has 0 aromatic heterocycles. The van der Waals surface area contributed by atoms with Gasteiger partial charge in [0.1, 0.15) is 11.4 Å². The highest BCUT2D eigenvalue weighted by Crippen LogP contribution is 2.58. The van der Waals surface area contributed by atoms with Gasteiger partial charge in [-0.25, -0.2) is 4.39 Å². The number of likely N-dealkylation sites (N-methyl/N-ethyl adjacent to an activating group) is 1. The molecule has 1 aliphatic carbocycles. The first-order valence-electron chi connectivity index (χ1n) is 7.24. The maximum Gasteiger partial charge on any atom is 0.247 e. The molecule has 4 nitrogen and oxygen atoms in total. The normalized spacial score (nSPS) is 33.2. The summed E-state index contributed by atoms with van der Waals surface area (Å²) in [6.07, 6.45) is 0.834. The van der Waals surface area contributed by atoms with E-state index in [-0.39, 0.29) is 23.7 Å². The predicted molar refractivity (Wildman–Crippen MR) is 78.4 cm³/mol. The van der Waals surface area contributed by atoms with E-state index in [0.717, 1.165) is 6.42 Å². The third-order valence-electron chi connectivity index (χ3n) is 5.31. The Bertz CT molecular complexity index is 589. The lowest BCUT2D eigenvalue weighted by molar-refractivity contribution is -0.172. The monoisotopic (exact) mass is 292 g/mol. The van der Waals surface area contributed by atoms with Gasteiger partial charge in [-0.3, -0.25) is 4.79 Å². The molecule has 1 aromatic carbocycles. The SMILES string of the molecule is CN(C(=O)C1(N)C2CCOC2C1(C)C)c1cccc(F)c1. The molecule has 2 fully saturated rings. The summed E-state index contributed by atoms with van der Waals surface area (Å²) in [6.45, 7) is 4.59. The van der Waals surface area contributed by atoms with Gasteiger partial charge >= 0.3 is 0 Å². The first kappa shape index (κ1) is 14.5. The van der Waals surface area contributed by atoms with Gasteiger partial charge < -0.3 is 15.4 Å². The van der Waals surface area contributed by atoms with Gasteiger partial charge in [-0.05, 0) is 24.6 Å². The molecule has 1 aliphatic heterocycles. The highest BCUT2D eigenvalue weighted by Gasteiger charge is 2.71. The Morgan fingerprint density at radius 1 is 1.48 bits per heavy atom. The Hall–Kier alpha value is -1.46. The van der Waals surface area contributed by atoms with Crippen LogP contribution in [0, 0.1) is 17.2 Å². The Balaban J connectivity index is 1.91. The highest BCUT2D eigenvalue weighted by atomic mass is 19.1. The van der Waals surface area contributed by atoms with Crippen LogP contribution in [0.3, 0.4) is 0 Å². The number of carbonyl (C=O) groups is 1. The molecule has 1 saturated carbocycles. The molecule has 2 aliphatic rings. The predicted octanol–water partition coefficient (Wildman–Crippen LogP) is 1.93. The first-order chi connectivity index (χ1) is 9.80. The number of hydrogen-bond acceptors (Lipinski definition) is 3. The van der Waals surface area contributed by atoms with Crippen LogP contribution in [0.1, 0.15) is 20.3 Å². The molecule has 3 unspecified atom stereocenters. The lowest BCUT2D eigenvalue weighted by atomic mass is 9.47. The summed E-state index contributed by atoms with van der Waals surface area (Å²) in [6, 6.07) is 5.99. The molecule has 1 saturated heterocycles. The van der Waals surface area contributed by atoms with Crippen molar-refractivity contribution in [2.24, 2.45) is 17.1 Å². The van der Waals surface area contributed by atoms with Crippen LogP contribution in [0.5, 0.6) is 0 Å². The van der Waals surface area contributed by atoms with Crippen LogP contribution in [0.25, 0.3) is 0 Å². The number of carbonyl (C=O) groups excluding carboxylic acids is 1. The van der Waals surface area contributed by atoms with E-state index in [2.05, 4.69) is 0 Å². The number of hydrogen-bond donors (Lipinski definition) is 1. The summed E-state index contributed by atoms with van der Waals surface area (Å²) in [4.78, 5) is 14.4. The number of halogens is 1. The molecular weight excluding hydrogens is 271 g/mol. The molecular formula is C16H21FN2O2. The van der Waals surface area contributed by atoms with E-state index in [4.69, 9.17) is 10.5 Å². The van der Waals surface area contributed by atoms with Crippen LogP contribution in [0.4, 0.5) is 10.1 Å². The minimum absolute atomic E-state index is 0.0346. The zero-order valence-electron chi connectivity index (χ0n) is 12.6. The molecule has 21 heavy (non-hydrogen) atoms. The molecule has 1 amide bonds. The van der Waals surface area contributed by atoms with Crippen molar-refractivity contribution in [2.75, 3.05) is 18.6 Å². The summed E-state index contributed by atoms with van der Waals surface area (Å²) in [5, 5.41) is 0. The molecule has 0 radical (unpaired) electrons. The maximum absolute atomic E-state index is 13.4. The minimum Gasteiger partial charge on any atom is -0.377 e. The number of nitrogens with two attached hydrogens (primary N) is 1. The standard InChI is InChI=1S/C16H21FN2O2/c1-15(2)13-12(7-8-21-13)16(15,18)14(20)19(3)11-6-4-5-10(17)9-11/h4-6,9,12-13H,7-8,18H2,1-3H3. The van der Waals surface area contributed by atoms with Gasteiger partial charge in [-0.1, -0.05) is 19.9 Å². The van der Waals surface area contributed by atoms with E-state index in [0.29, 0.717) is 12.3 Å². The summed E-state index contributed by atoms with van der Waals surface area (Å²) in [7, 11) is 1.64. The Morgan fingerprint density at radius 3 is 2.86 bits per heavy atom. The average Bonchev–Trinajstić information content (AvgIpc) is 2.93. The molecule has 0 spiro atoms. The Morgan fingerprint density at radius 2 is 2.19 bits per heavy atom. The second-order valence-electron chi connectivity index (χ2n) is 6.62. The smallest absolute Gasteiger partial charge is 0.247 e. The fraction of sp³-hybridized carbons (Fsp3) is 0.562. The van der Waals surface area contributed by atoms with Crippen LogP contribution < -0.4 is 10.6 Å². The van der Waals surface area contributed by atoms with Gasteiger partial charge in [0.15, 0.2) is 0 Å². The van der Waals surface area contributed by atoms with Crippen molar-refractivity contribution < 1.29 is 13.9 Å². The number of rotatable bonds is 2. The van der Waals surface area contributed by atoms with Crippen LogP contribution in [0.2, 0.25) is 0 Å². The first-order valence-corrected chi connectivity index (χ1v) is 7.24. The number of benzene rings is 1. The second kappa shape index (κ2) is 4.52. The van der Waals surface area contributed by atoms with Crippen LogP contribution in [-0.2, 0) is 9.53 Å². The summed E-state index contributed by atoms with van der Waals surface area (Å²) >= 11 is 0. The minimum atomic E-state index is -0.963. The van der Waals surface area contributed by atoms with E-state index in [9.17, 15) is 9.18 Å². The van der Waals surface area contributed by atoms with Crippen molar-refractivity contribution in [3.8, 4) is 0 Å². The molecule has 1 aromatic rings. The van der Waals surface area contributed by atoms with Crippen molar-refractivity contribution in [1.82, 2.24) is 0 Å². The molecule has 5 heteroatoms. The van der Waals surface area contributed by atoms with Gasteiger partial charge in [0, 0.05) is 30.7 Å². The Kier molecular flexibility index (Phi) is 3.11. The molecule has 2 N–H and O–H groups in total. The van der Waals surface area contributed by atoms with Crippen molar-refractivity contribution >= 4 is 11.6 Å². The quantitative estimate of drug-likeness (QED) is 0.906. The molecule has 3 atom stereocenters. The number of anilines is 1. The van der Waals surface area contributed by atoms with Crippen molar-refractivity contribution in [3.63, 3.8) is 0 Å². The van der Waals surface area contributed by atoms with Crippen molar-refractivity contribution in [3.05, 3.63) is 30.1 Å². The Labute approximate surface area is 124 Å². The zero-order chi connectivity index (χ0) is 15.4. The topological polar surface area (TPSA) is 55.6 Å². The van der Waals surface area contributed by atoms with E-state index in [1.54, 1.807) is 19.2 Å². The highest BCUT2D eigenvalue weighted by molar-refractivity contribution is 6.01. The van der Waals surface area contributed by atoms with Crippen molar-refractivity contribution in [1.29, 1.82) is 0 Å². The third-order valence-corrected chi connectivity index (χ3v) is 5.31. The lowest BCUT2D eigenvalue weighted by Gasteiger charge is -2.61. The van der Waals surface area contributed by atoms with E-state index in [1.807, 2.05) is 13.8 Å². The number of amides is 1. The average molecular weight is 292 g/mol. The van der Waals surface area contributed by atoms with Crippen molar-refractivity contribution in [2.45, 2.75) is 31.9 Å². The van der Waals surface area contributed by atoms with Gasteiger partial charge in [-0.15, -0.1) is 0 Å². The van der Waals surface area contributed by atoms with E-state index in [1.165, 1.54) is 17.0 Å². The maximum atomic E-state index is 13.4. The van der Waals surface area contributed by atoms with Gasteiger partial charge in [0.2, 0.25) is 5.91 Å². The molecule has 3 rings (SSSR count). The van der Waals surface area contributed by atoms with Crippen LogP contribution in [-0.4, -0.2) is 31.2 Å². The van der Waals surface area contributed by atoms with Crippen LogP contribution in [0.15, 0.2) is 24.3 Å². The van der Waals surface area contributed by atoms with E-state index >= 15 is 0 Å². The van der Waals surface area contributed by atoms with Crippen LogP contribution >= 0.6 is 0 Å². The lowest BCUT2D eigenvalue weighted by Crippen LogP contribution is -2.80. The second-order valence-corrected chi connectivity index (χ2v) is 6.62. The fourth-order valence-electron chi connectivity index (χ4n) is 3.90. The molecule has 1 heterocycles. The van der Waals surface area contributed by atoms with Gasteiger partial charge in [0.05, 0.1) is 6.10 Å². The number of fused-ring (bicyclic) bond motifs is 1. The third kappa shape index (κ3) is 1.77. The number of nitrogens with zero attached hydrogens (tertiary/aromatic N) is 1. The number of ether oxygens (including phenoxy) is 1. The molecule has 0 bridgehead atoms.